The molecule has 0 atom stereocenters. The van der Waals surface area contributed by atoms with Crippen molar-refractivity contribution in [1.29, 1.82) is 0 Å². The summed E-state index contributed by atoms with van der Waals surface area (Å²) in [5.74, 6) is -0.0231. The van der Waals surface area contributed by atoms with E-state index in [1.54, 1.807) is 23.3 Å². The quantitative estimate of drug-likeness (QED) is 0.687. The Morgan fingerprint density at radius 1 is 1.24 bits per heavy atom. The fourth-order valence-electron chi connectivity index (χ4n) is 1.95. The van der Waals surface area contributed by atoms with E-state index in [1.807, 2.05) is 30.3 Å². The summed E-state index contributed by atoms with van der Waals surface area (Å²) in [4.78, 5) is 24.5. The van der Waals surface area contributed by atoms with Gasteiger partial charge in [0.2, 0.25) is 5.95 Å². The summed E-state index contributed by atoms with van der Waals surface area (Å²) < 4.78 is 6.47. The normalized spacial score (nSPS) is 10.3. The van der Waals surface area contributed by atoms with Gasteiger partial charge < -0.3 is 4.74 Å². The first-order chi connectivity index (χ1) is 10.3. The lowest BCUT2D eigenvalue weighted by Crippen LogP contribution is -2.09. The van der Waals surface area contributed by atoms with Gasteiger partial charge in [0.25, 0.3) is 0 Å². The van der Waals surface area contributed by atoms with Crippen molar-refractivity contribution < 1.29 is 9.53 Å². The molecule has 2 aromatic heterocycles. The predicted molar refractivity (Wildman–Crippen MR) is 75.9 cm³/mol. The zero-order valence-electron chi connectivity index (χ0n) is 11.3. The molecule has 0 saturated carbocycles. The highest BCUT2D eigenvalue weighted by Gasteiger charge is 2.17. The van der Waals surface area contributed by atoms with Gasteiger partial charge in [-0.15, -0.1) is 0 Å². The zero-order valence-corrected chi connectivity index (χ0v) is 11.3. The van der Waals surface area contributed by atoms with Crippen molar-refractivity contribution in [2.75, 3.05) is 7.11 Å². The predicted octanol–water partition coefficient (Wildman–Crippen LogP) is 2.12. The Balaban J connectivity index is 2.17. The van der Waals surface area contributed by atoms with Gasteiger partial charge in [-0.2, -0.15) is 0 Å². The van der Waals surface area contributed by atoms with Crippen LogP contribution < -0.4 is 0 Å². The fraction of sp³-hybridized carbons (Fsp3) is 0.0667. The number of imidazole rings is 1. The fourth-order valence-corrected chi connectivity index (χ4v) is 1.95. The topological polar surface area (TPSA) is 69.9 Å². The van der Waals surface area contributed by atoms with Crippen LogP contribution in [-0.4, -0.2) is 32.6 Å². The molecule has 0 fully saturated rings. The Bertz CT molecular complexity index is 755. The van der Waals surface area contributed by atoms with Crippen LogP contribution in [0, 0.1) is 0 Å². The van der Waals surface area contributed by atoms with Crippen LogP contribution in [0.2, 0.25) is 0 Å². The number of ether oxygens (including phenoxy) is 1. The molecule has 104 valence electrons. The summed E-state index contributed by atoms with van der Waals surface area (Å²) in [6.45, 7) is 0. The maximum Gasteiger partial charge on any atom is 0.341 e. The van der Waals surface area contributed by atoms with Crippen LogP contribution in [0.5, 0.6) is 0 Å². The Morgan fingerprint density at radius 2 is 2.05 bits per heavy atom. The van der Waals surface area contributed by atoms with E-state index in [2.05, 4.69) is 15.0 Å². The Kier molecular flexibility index (Phi) is 3.42. The Hall–Kier alpha value is -3.02. The Morgan fingerprint density at radius 3 is 2.71 bits per heavy atom. The van der Waals surface area contributed by atoms with Crippen LogP contribution in [0.4, 0.5) is 0 Å². The number of aromatic nitrogens is 4. The van der Waals surface area contributed by atoms with Gasteiger partial charge in [-0.3, -0.25) is 4.57 Å². The SMILES string of the molecule is COC(=O)c1cnc(-n2ccnc2)nc1-c1ccccc1. The highest BCUT2D eigenvalue weighted by atomic mass is 16.5. The second kappa shape index (κ2) is 5.54. The summed E-state index contributed by atoms with van der Waals surface area (Å²) in [7, 11) is 1.33. The lowest BCUT2D eigenvalue weighted by Gasteiger charge is -2.09. The molecule has 0 N–H and O–H groups in total. The molecule has 2 heterocycles. The minimum atomic E-state index is -0.467. The minimum Gasteiger partial charge on any atom is -0.465 e. The van der Waals surface area contributed by atoms with Gasteiger partial charge in [-0.05, 0) is 0 Å². The van der Waals surface area contributed by atoms with Gasteiger partial charge in [0.1, 0.15) is 11.9 Å². The molecule has 3 aromatic rings. The molecule has 21 heavy (non-hydrogen) atoms. The Labute approximate surface area is 121 Å². The van der Waals surface area contributed by atoms with E-state index >= 15 is 0 Å². The van der Waals surface area contributed by atoms with Gasteiger partial charge in [-0.25, -0.2) is 19.7 Å². The van der Waals surface area contributed by atoms with Crippen LogP contribution in [-0.2, 0) is 4.74 Å². The van der Waals surface area contributed by atoms with E-state index in [-0.39, 0.29) is 0 Å². The van der Waals surface area contributed by atoms with Crippen molar-refractivity contribution >= 4 is 5.97 Å². The van der Waals surface area contributed by atoms with Gasteiger partial charge in [0, 0.05) is 24.2 Å². The summed E-state index contributed by atoms with van der Waals surface area (Å²) in [5, 5.41) is 0. The van der Waals surface area contributed by atoms with E-state index < -0.39 is 5.97 Å². The number of hydrogen-bond acceptors (Lipinski definition) is 5. The van der Waals surface area contributed by atoms with Crippen LogP contribution in [0.3, 0.4) is 0 Å². The largest absolute Gasteiger partial charge is 0.465 e. The van der Waals surface area contributed by atoms with Gasteiger partial charge >= 0.3 is 5.97 Å². The van der Waals surface area contributed by atoms with Crippen molar-refractivity contribution in [3.05, 3.63) is 60.8 Å². The van der Waals surface area contributed by atoms with Gasteiger partial charge in [0.05, 0.1) is 12.8 Å². The number of carbonyl (C=O) groups is 1. The van der Waals surface area contributed by atoms with Gasteiger partial charge in [-0.1, -0.05) is 30.3 Å². The molecule has 0 saturated heterocycles. The van der Waals surface area contributed by atoms with Crippen molar-refractivity contribution in [1.82, 2.24) is 19.5 Å². The van der Waals surface area contributed by atoms with E-state index in [0.29, 0.717) is 17.2 Å². The summed E-state index contributed by atoms with van der Waals surface area (Å²) in [5.41, 5.74) is 1.68. The van der Waals surface area contributed by atoms with E-state index in [1.165, 1.54) is 13.3 Å². The van der Waals surface area contributed by atoms with E-state index in [0.717, 1.165) is 5.56 Å². The first kappa shape index (κ1) is 13.0. The number of nitrogens with zero attached hydrogens (tertiary/aromatic N) is 4. The molecule has 0 aliphatic rings. The number of hydrogen-bond donors (Lipinski definition) is 0. The molecule has 1 aromatic carbocycles. The molecule has 0 aliphatic carbocycles. The maximum atomic E-state index is 11.9. The molecule has 6 heteroatoms. The standard InChI is InChI=1S/C15H12N4O2/c1-21-14(20)12-9-17-15(19-8-7-16-10-19)18-13(12)11-5-3-2-4-6-11/h2-10H,1H3. The van der Waals surface area contributed by atoms with Crippen LogP contribution in [0.25, 0.3) is 17.2 Å². The average Bonchev–Trinajstić information content (AvgIpc) is 3.09. The van der Waals surface area contributed by atoms with Crippen LogP contribution in [0.1, 0.15) is 10.4 Å². The molecular formula is C15H12N4O2. The van der Waals surface area contributed by atoms with Crippen molar-refractivity contribution in [3.63, 3.8) is 0 Å². The highest BCUT2D eigenvalue weighted by Crippen LogP contribution is 2.22. The van der Waals surface area contributed by atoms with Crippen LogP contribution in [0.15, 0.2) is 55.2 Å². The van der Waals surface area contributed by atoms with Crippen molar-refractivity contribution in [2.45, 2.75) is 0 Å². The molecule has 0 spiro atoms. The summed E-state index contributed by atoms with van der Waals surface area (Å²) >= 11 is 0. The maximum absolute atomic E-state index is 11.9. The average molecular weight is 280 g/mol. The molecule has 6 nitrogen and oxygen atoms in total. The van der Waals surface area contributed by atoms with Crippen molar-refractivity contribution in [2.24, 2.45) is 0 Å². The van der Waals surface area contributed by atoms with E-state index in [4.69, 9.17) is 4.74 Å². The molecule has 3 rings (SSSR count). The lowest BCUT2D eigenvalue weighted by atomic mass is 10.1. The van der Waals surface area contributed by atoms with Crippen molar-refractivity contribution in [3.8, 4) is 17.2 Å². The zero-order chi connectivity index (χ0) is 14.7. The number of esters is 1. The third-order valence-electron chi connectivity index (χ3n) is 2.96. The van der Waals surface area contributed by atoms with E-state index in [9.17, 15) is 4.79 Å². The number of benzene rings is 1. The highest BCUT2D eigenvalue weighted by molar-refractivity contribution is 5.95. The molecule has 0 aliphatic heterocycles. The number of rotatable bonds is 3. The second-order valence-electron chi connectivity index (χ2n) is 4.26. The van der Waals surface area contributed by atoms with Gasteiger partial charge in [0.15, 0.2) is 0 Å². The third-order valence-corrected chi connectivity index (χ3v) is 2.96. The molecule has 0 radical (unpaired) electrons. The third kappa shape index (κ3) is 2.51. The number of methoxy groups -OCH3 is 1. The first-order valence-electron chi connectivity index (χ1n) is 6.28. The first-order valence-corrected chi connectivity index (χ1v) is 6.28. The smallest absolute Gasteiger partial charge is 0.341 e. The molecular weight excluding hydrogens is 268 g/mol. The monoisotopic (exact) mass is 280 g/mol. The molecule has 0 unspecified atom stereocenters. The molecule has 0 bridgehead atoms. The molecule has 0 amide bonds. The number of carbonyl (C=O) groups excluding carboxylic acids is 1. The van der Waals surface area contributed by atoms with Crippen LogP contribution >= 0.6 is 0 Å². The summed E-state index contributed by atoms with van der Waals surface area (Å²) in [6, 6.07) is 9.43. The summed E-state index contributed by atoms with van der Waals surface area (Å²) in [6.07, 6.45) is 6.44. The lowest BCUT2D eigenvalue weighted by molar-refractivity contribution is 0.0600. The second-order valence-corrected chi connectivity index (χ2v) is 4.26. The minimum absolute atomic E-state index is 0.326.